The van der Waals surface area contributed by atoms with Crippen LogP contribution in [0.25, 0.3) is 0 Å². The molecule has 1 saturated carbocycles. The van der Waals surface area contributed by atoms with E-state index < -0.39 is 0 Å². The maximum absolute atomic E-state index is 5.50. The topological polar surface area (TPSA) is 41.3 Å². The largest absolute Gasteiger partial charge is 0.432 e. The van der Waals surface area contributed by atoms with Crippen molar-refractivity contribution in [2.75, 3.05) is 25.0 Å². The van der Waals surface area contributed by atoms with Crippen molar-refractivity contribution in [1.29, 1.82) is 0 Å². The fourth-order valence-electron chi connectivity index (χ4n) is 2.09. The highest BCUT2D eigenvalue weighted by Crippen LogP contribution is 2.28. The first-order valence-corrected chi connectivity index (χ1v) is 6.66. The molecule has 1 N–H and O–H groups in total. The normalized spacial score (nSPS) is 15.9. The molecule has 0 spiro atoms. The lowest BCUT2D eigenvalue weighted by atomic mass is 9.85. The second-order valence-corrected chi connectivity index (χ2v) is 4.98. The van der Waals surface area contributed by atoms with Crippen LogP contribution in [-0.4, -0.2) is 25.1 Å². The minimum atomic E-state index is 0.755. The summed E-state index contributed by atoms with van der Waals surface area (Å²) < 4.78 is 5.50. The van der Waals surface area contributed by atoms with Gasteiger partial charge in [-0.1, -0.05) is 13.3 Å². The third-order valence-corrected chi connectivity index (χ3v) is 3.36. The van der Waals surface area contributed by atoms with E-state index >= 15 is 0 Å². The molecule has 0 aliphatic heterocycles. The van der Waals surface area contributed by atoms with Gasteiger partial charge in [-0.05, 0) is 31.7 Å². The summed E-state index contributed by atoms with van der Waals surface area (Å²) in [6, 6.07) is 0.755. The minimum absolute atomic E-state index is 0.755. The summed E-state index contributed by atoms with van der Waals surface area (Å²) in [5.74, 6) is 0.841. The Morgan fingerprint density at radius 1 is 1.53 bits per heavy atom. The van der Waals surface area contributed by atoms with Crippen molar-refractivity contribution in [3.05, 3.63) is 12.0 Å². The zero-order valence-corrected chi connectivity index (χ0v) is 10.9. The third-order valence-electron chi connectivity index (χ3n) is 3.36. The fraction of sp³-hybridized carbons (Fsp3) is 0.769. The first-order valence-electron chi connectivity index (χ1n) is 6.66. The summed E-state index contributed by atoms with van der Waals surface area (Å²) >= 11 is 0. The van der Waals surface area contributed by atoms with Crippen LogP contribution in [0.5, 0.6) is 0 Å². The predicted octanol–water partition coefficient (Wildman–Crippen LogP) is 2.41. The number of hydrogen-bond acceptors (Lipinski definition) is 4. The Morgan fingerprint density at radius 2 is 2.35 bits per heavy atom. The lowest BCUT2D eigenvalue weighted by molar-refractivity contribution is 0.316. The van der Waals surface area contributed by atoms with Crippen molar-refractivity contribution >= 4 is 6.01 Å². The smallest absolute Gasteiger partial charge is 0.297 e. The zero-order valence-electron chi connectivity index (χ0n) is 10.9. The summed E-state index contributed by atoms with van der Waals surface area (Å²) in [6.45, 7) is 5.06. The second kappa shape index (κ2) is 6.05. The van der Waals surface area contributed by atoms with E-state index in [0.29, 0.717) is 0 Å². The summed E-state index contributed by atoms with van der Waals surface area (Å²) in [4.78, 5) is 6.62. The van der Waals surface area contributed by atoms with Crippen LogP contribution >= 0.6 is 0 Å². The molecule has 0 atom stereocenters. The van der Waals surface area contributed by atoms with E-state index in [1.807, 2.05) is 0 Å². The van der Waals surface area contributed by atoms with Gasteiger partial charge in [0.05, 0.1) is 5.69 Å². The Balaban J connectivity index is 1.79. The molecule has 1 aliphatic rings. The molecule has 1 heterocycles. The molecule has 96 valence electrons. The molecule has 0 saturated heterocycles. The van der Waals surface area contributed by atoms with Crippen molar-refractivity contribution in [3.8, 4) is 0 Å². The zero-order chi connectivity index (χ0) is 12.1. The minimum Gasteiger partial charge on any atom is -0.432 e. The SMILES string of the molecule is CCCNCc1coc(N(C)CC2CCC2)n1. The van der Waals surface area contributed by atoms with Crippen molar-refractivity contribution in [3.63, 3.8) is 0 Å². The van der Waals surface area contributed by atoms with E-state index in [4.69, 9.17) is 4.42 Å². The van der Waals surface area contributed by atoms with Gasteiger partial charge in [-0.2, -0.15) is 4.98 Å². The number of aromatic nitrogens is 1. The van der Waals surface area contributed by atoms with Crippen LogP contribution in [0.4, 0.5) is 6.01 Å². The number of nitrogens with zero attached hydrogens (tertiary/aromatic N) is 2. The Hall–Kier alpha value is -1.03. The highest BCUT2D eigenvalue weighted by molar-refractivity contribution is 5.25. The second-order valence-electron chi connectivity index (χ2n) is 4.98. The van der Waals surface area contributed by atoms with Gasteiger partial charge in [0, 0.05) is 20.1 Å². The number of nitrogens with one attached hydrogen (secondary N) is 1. The molecule has 1 aliphatic carbocycles. The van der Waals surface area contributed by atoms with Gasteiger partial charge in [0.1, 0.15) is 6.26 Å². The molecule has 1 aromatic rings. The number of hydrogen-bond donors (Lipinski definition) is 1. The lowest BCUT2D eigenvalue weighted by Crippen LogP contribution is -2.29. The average molecular weight is 237 g/mol. The van der Waals surface area contributed by atoms with Gasteiger partial charge in [-0.3, -0.25) is 0 Å². The van der Waals surface area contributed by atoms with Crippen molar-refractivity contribution in [2.45, 2.75) is 39.2 Å². The molecule has 1 fully saturated rings. The van der Waals surface area contributed by atoms with E-state index in [9.17, 15) is 0 Å². The van der Waals surface area contributed by atoms with Crippen LogP contribution in [-0.2, 0) is 6.54 Å². The van der Waals surface area contributed by atoms with Crippen molar-refractivity contribution < 1.29 is 4.42 Å². The molecule has 1 aromatic heterocycles. The predicted molar refractivity (Wildman–Crippen MR) is 69.1 cm³/mol. The number of anilines is 1. The Bertz CT molecular complexity index is 333. The molecule has 17 heavy (non-hydrogen) atoms. The quantitative estimate of drug-likeness (QED) is 0.739. The van der Waals surface area contributed by atoms with Gasteiger partial charge in [0.2, 0.25) is 0 Å². The molecule has 0 bridgehead atoms. The summed E-state index contributed by atoms with van der Waals surface area (Å²) in [5.41, 5.74) is 0.994. The molecule has 2 rings (SSSR count). The van der Waals surface area contributed by atoms with Crippen LogP contribution in [0.3, 0.4) is 0 Å². The number of rotatable bonds is 7. The highest BCUT2D eigenvalue weighted by atomic mass is 16.4. The maximum atomic E-state index is 5.50. The van der Waals surface area contributed by atoms with Crippen molar-refractivity contribution in [2.24, 2.45) is 5.92 Å². The summed E-state index contributed by atoms with van der Waals surface area (Å²) in [5, 5.41) is 3.33. The Morgan fingerprint density at radius 3 is 3.00 bits per heavy atom. The van der Waals surface area contributed by atoms with Crippen LogP contribution in [0.15, 0.2) is 10.7 Å². The highest BCUT2D eigenvalue weighted by Gasteiger charge is 2.20. The van der Waals surface area contributed by atoms with E-state index in [0.717, 1.165) is 43.7 Å². The van der Waals surface area contributed by atoms with Crippen LogP contribution in [0, 0.1) is 5.92 Å². The molecular formula is C13H23N3O. The van der Waals surface area contributed by atoms with Gasteiger partial charge in [0.25, 0.3) is 6.01 Å². The summed E-state index contributed by atoms with van der Waals surface area (Å²) in [7, 11) is 2.06. The maximum Gasteiger partial charge on any atom is 0.297 e. The van der Waals surface area contributed by atoms with E-state index in [1.54, 1.807) is 6.26 Å². The Labute approximate surface area is 103 Å². The molecule has 0 unspecified atom stereocenters. The molecule has 0 radical (unpaired) electrons. The third kappa shape index (κ3) is 3.46. The van der Waals surface area contributed by atoms with Gasteiger partial charge in [-0.15, -0.1) is 0 Å². The van der Waals surface area contributed by atoms with E-state index in [1.165, 1.54) is 19.3 Å². The first-order chi connectivity index (χ1) is 8.29. The van der Waals surface area contributed by atoms with Crippen LogP contribution in [0.1, 0.15) is 38.3 Å². The van der Waals surface area contributed by atoms with Gasteiger partial charge < -0.3 is 14.6 Å². The summed E-state index contributed by atoms with van der Waals surface area (Å²) in [6.07, 6.45) is 7.00. The van der Waals surface area contributed by atoms with Crippen LogP contribution in [0.2, 0.25) is 0 Å². The van der Waals surface area contributed by atoms with Gasteiger partial charge in [-0.25, -0.2) is 0 Å². The molecular weight excluding hydrogens is 214 g/mol. The standard InChI is InChI=1S/C13H23N3O/c1-3-7-14-8-12-10-17-13(15-12)16(2)9-11-5-4-6-11/h10-11,14H,3-9H2,1-2H3. The van der Waals surface area contributed by atoms with E-state index in [-0.39, 0.29) is 0 Å². The van der Waals surface area contributed by atoms with Gasteiger partial charge >= 0.3 is 0 Å². The fourth-order valence-corrected chi connectivity index (χ4v) is 2.09. The first kappa shape index (κ1) is 12.4. The Kier molecular flexibility index (Phi) is 4.42. The van der Waals surface area contributed by atoms with Crippen molar-refractivity contribution in [1.82, 2.24) is 10.3 Å². The van der Waals surface area contributed by atoms with Gasteiger partial charge in [0.15, 0.2) is 0 Å². The molecule has 4 nitrogen and oxygen atoms in total. The lowest BCUT2D eigenvalue weighted by Gasteiger charge is -2.29. The molecule has 0 aromatic carbocycles. The van der Waals surface area contributed by atoms with Crippen LogP contribution < -0.4 is 10.2 Å². The monoisotopic (exact) mass is 237 g/mol. The number of oxazole rings is 1. The van der Waals surface area contributed by atoms with E-state index in [2.05, 4.69) is 29.2 Å². The molecule has 4 heteroatoms. The average Bonchev–Trinajstić information content (AvgIpc) is 2.72. The molecule has 0 amide bonds.